The Morgan fingerprint density at radius 2 is 2.09 bits per heavy atom. The molecule has 2 aromatic rings. The van der Waals surface area contributed by atoms with E-state index in [-0.39, 0.29) is 18.9 Å². The third kappa shape index (κ3) is 4.42. The molecule has 1 aromatic carbocycles. The van der Waals surface area contributed by atoms with Crippen LogP contribution in [0.15, 0.2) is 40.9 Å². The second-order valence-corrected chi connectivity index (χ2v) is 5.33. The first-order valence-corrected chi connectivity index (χ1v) is 7.42. The molecule has 0 atom stereocenters. The lowest BCUT2D eigenvalue weighted by molar-refractivity contribution is -0.151. The Morgan fingerprint density at radius 1 is 1.35 bits per heavy atom. The molecule has 0 N–H and O–H groups in total. The summed E-state index contributed by atoms with van der Waals surface area (Å²) in [5, 5.41) is 4.64. The van der Waals surface area contributed by atoms with Crippen LogP contribution in [0.2, 0.25) is 0 Å². The number of hydrogen-bond acceptors (Lipinski definition) is 5. The van der Waals surface area contributed by atoms with Gasteiger partial charge in [-0.15, -0.1) is 0 Å². The van der Waals surface area contributed by atoms with Crippen molar-refractivity contribution in [1.82, 2.24) is 10.1 Å². The molecule has 1 aromatic heterocycles. The van der Waals surface area contributed by atoms with Crippen molar-refractivity contribution < 1.29 is 18.8 Å². The largest absolute Gasteiger partial charge is 0.455 e. The summed E-state index contributed by atoms with van der Waals surface area (Å²) in [7, 11) is 0. The van der Waals surface area contributed by atoms with Gasteiger partial charge in [0.25, 0.3) is 5.91 Å². The summed E-state index contributed by atoms with van der Waals surface area (Å²) in [4.78, 5) is 25.5. The average molecular weight is 316 g/mol. The van der Waals surface area contributed by atoms with Crippen molar-refractivity contribution >= 4 is 22.8 Å². The number of ether oxygens (including phenoxy) is 1. The topological polar surface area (TPSA) is 72.6 Å². The normalized spacial score (nSPS) is 10.5. The minimum atomic E-state index is -0.510. The number of carbonyl (C=O) groups excluding carboxylic acids is 2. The molecular formula is C17H20N2O4. The number of likely N-dealkylation sites (N-methyl/N-ethyl adjacent to an activating group) is 1. The number of fused-ring (bicyclic) bond motifs is 1. The maximum absolute atomic E-state index is 12.0. The molecule has 122 valence electrons. The van der Waals surface area contributed by atoms with Crippen molar-refractivity contribution in [1.29, 1.82) is 0 Å². The van der Waals surface area contributed by atoms with Gasteiger partial charge in [0, 0.05) is 18.5 Å². The summed E-state index contributed by atoms with van der Waals surface area (Å²) in [6, 6.07) is 7.27. The third-order valence-electron chi connectivity index (χ3n) is 3.32. The number of rotatable bonds is 7. The van der Waals surface area contributed by atoms with Crippen molar-refractivity contribution in [2.45, 2.75) is 20.3 Å². The third-order valence-corrected chi connectivity index (χ3v) is 3.32. The van der Waals surface area contributed by atoms with E-state index in [2.05, 4.69) is 11.7 Å². The lowest BCUT2D eigenvalue weighted by Crippen LogP contribution is -2.35. The van der Waals surface area contributed by atoms with Crippen LogP contribution >= 0.6 is 0 Å². The van der Waals surface area contributed by atoms with Crippen LogP contribution in [-0.2, 0) is 20.7 Å². The van der Waals surface area contributed by atoms with Crippen LogP contribution in [0.4, 0.5) is 0 Å². The first-order valence-electron chi connectivity index (χ1n) is 7.42. The Labute approximate surface area is 134 Å². The average Bonchev–Trinajstić information content (AvgIpc) is 2.93. The van der Waals surface area contributed by atoms with E-state index in [1.807, 2.05) is 32.0 Å². The Bertz CT molecular complexity index is 720. The van der Waals surface area contributed by atoms with Gasteiger partial charge in [-0.05, 0) is 26.0 Å². The molecule has 0 spiro atoms. The van der Waals surface area contributed by atoms with Crippen LogP contribution in [0.3, 0.4) is 0 Å². The predicted molar refractivity (Wildman–Crippen MR) is 85.7 cm³/mol. The molecule has 1 amide bonds. The van der Waals surface area contributed by atoms with Gasteiger partial charge in [0.15, 0.2) is 12.2 Å². The molecule has 2 rings (SSSR count). The number of benzene rings is 1. The van der Waals surface area contributed by atoms with E-state index < -0.39 is 5.97 Å². The van der Waals surface area contributed by atoms with Gasteiger partial charge in [0.1, 0.15) is 5.69 Å². The zero-order valence-electron chi connectivity index (χ0n) is 13.4. The molecule has 0 saturated heterocycles. The number of hydrogen-bond donors (Lipinski definition) is 0. The highest BCUT2D eigenvalue weighted by atomic mass is 16.5. The van der Waals surface area contributed by atoms with Crippen LogP contribution in [-0.4, -0.2) is 41.6 Å². The van der Waals surface area contributed by atoms with Gasteiger partial charge in [-0.1, -0.05) is 29.4 Å². The maximum Gasteiger partial charge on any atom is 0.312 e. The summed E-state index contributed by atoms with van der Waals surface area (Å²) in [5.74, 6) is -0.752. The van der Waals surface area contributed by atoms with E-state index in [0.29, 0.717) is 24.4 Å². The molecule has 0 unspecified atom stereocenters. The van der Waals surface area contributed by atoms with Crippen molar-refractivity contribution in [3.05, 3.63) is 42.1 Å². The van der Waals surface area contributed by atoms with E-state index in [1.165, 1.54) is 0 Å². The van der Waals surface area contributed by atoms with Crippen LogP contribution in [0, 0.1) is 0 Å². The predicted octanol–water partition coefficient (Wildman–Crippen LogP) is 2.34. The quantitative estimate of drug-likeness (QED) is 0.579. The highest BCUT2D eigenvalue weighted by Gasteiger charge is 2.17. The highest BCUT2D eigenvalue weighted by Crippen LogP contribution is 2.18. The van der Waals surface area contributed by atoms with E-state index in [1.54, 1.807) is 11.0 Å². The summed E-state index contributed by atoms with van der Waals surface area (Å²) < 4.78 is 10.2. The molecule has 0 aliphatic heterocycles. The molecule has 6 heteroatoms. The van der Waals surface area contributed by atoms with Gasteiger partial charge in [-0.25, -0.2) is 0 Å². The molecular weight excluding hydrogens is 296 g/mol. The zero-order valence-corrected chi connectivity index (χ0v) is 13.4. The highest BCUT2D eigenvalue weighted by molar-refractivity contribution is 5.85. The first-order chi connectivity index (χ1) is 11.0. The summed E-state index contributed by atoms with van der Waals surface area (Å²) in [6.45, 7) is 8.21. The van der Waals surface area contributed by atoms with E-state index in [0.717, 1.165) is 11.0 Å². The molecule has 1 heterocycles. The molecule has 0 saturated carbocycles. The van der Waals surface area contributed by atoms with E-state index >= 15 is 0 Å². The number of aromatic nitrogens is 1. The van der Waals surface area contributed by atoms with Gasteiger partial charge < -0.3 is 14.2 Å². The Hall–Kier alpha value is -2.63. The number of esters is 1. The van der Waals surface area contributed by atoms with Crippen LogP contribution < -0.4 is 0 Å². The lowest BCUT2D eigenvalue weighted by Gasteiger charge is -2.20. The number of amides is 1. The second kappa shape index (κ2) is 7.58. The number of carbonyl (C=O) groups is 2. The maximum atomic E-state index is 12.0. The number of para-hydroxylation sites is 1. The molecule has 0 fully saturated rings. The first kappa shape index (κ1) is 16.7. The fourth-order valence-electron chi connectivity index (χ4n) is 2.19. The SMILES string of the molecule is C=C(C)CN(CC)C(=O)COC(=O)Cc1noc2ccccc12. The number of nitrogens with zero attached hydrogens (tertiary/aromatic N) is 2. The lowest BCUT2D eigenvalue weighted by atomic mass is 10.2. The van der Waals surface area contributed by atoms with Crippen LogP contribution in [0.1, 0.15) is 19.5 Å². The van der Waals surface area contributed by atoms with Crippen molar-refractivity contribution in [2.75, 3.05) is 19.7 Å². The van der Waals surface area contributed by atoms with Crippen LogP contribution in [0.25, 0.3) is 11.0 Å². The van der Waals surface area contributed by atoms with Crippen molar-refractivity contribution in [3.8, 4) is 0 Å². The Morgan fingerprint density at radius 3 is 2.78 bits per heavy atom. The van der Waals surface area contributed by atoms with E-state index in [4.69, 9.17) is 9.26 Å². The molecule has 0 aliphatic carbocycles. The summed E-state index contributed by atoms with van der Waals surface area (Å²) >= 11 is 0. The summed E-state index contributed by atoms with van der Waals surface area (Å²) in [5.41, 5.74) is 2.00. The molecule has 0 radical (unpaired) electrons. The fourth-order valence-corrected chi connectivity index (χ4v) is 2.19. The fraction of sp³-hybridized carbons (Fsp3) is 0.353. The molecule has 0 bridgehead atoms. The van der Waals surface area contributed by atoms with E-state index in [9.17, 15) is 9.59 Å². The Balaban J connectivity index is 1.90. The van der Waals surface area contributed by atoms with Gasteiger partial charge in [-0.2, -0.15) is 0 Å². The minimum absolute atomic E-state index is 0.0308. The van der Waals surface area contributed by atoms with Gasteiger partial charge in [-0.3, -0.25) is 9.59 Å². The van der Waals surface area contributed by atoms with Gasteiger partial charge in [0.05, 0.1) is 6.42 Å². The zero-order chi connectivity index (χ0) is 16.8. The molecule has 6 nitrogen and oxygen atoms in total. The monoisotopic (exact) mass is 316 g/mol. The molecule has 23 heavy (non-hydrogen) atoms. The summed E-state index contributed by atoms with van der Waals surface area (Å²) in [6.07, 6.45) is -0.0308. The van der Waals surface area contributed by atoms with Gasteiger partial charge in [0.2, 0.25) is 0 Å². The van der Waals surface area contributed by atoms with Crippen LogP contribution in [0.5, 0.6) is 0 Å². The Kier molecular flexibility index (Phi) is 5.51. The minimum Gasteiger partial charge on any atom is -0.455 e. The standard InChI is InChI=1S/C17H20N2O4/c1-4-19(10-12(2)3)16(20)11-22-17(21)9-14-13-7-5-6-8-15(13)23-18-14/h5-8H,2,4,9-11H2,1,3H3. The van der Waals surface area contributed by atoms with Gasteiger partial charge >= 0.3 is 5.97 Å². The molecule has 0 aliphatic rings. The smallest absolute Gasteiger partial charge is 0.312 e. The van der Waals surface area contributed by atoms with Crippen molar-refractivity contribution in [2.24, 2.45) is 0 Å². The second-order valence-electron chi connectivity index (χ2n) is 5.33. The van der Waals surface area contributed by atoms with Crippen molar-refractivity contribution in [3.63, 3.8) is 0 Å².